The van der Waals surface area contributed by atoms with Gasteiger partial charge in [-0.05, 0) is 59.8 Å². The predicted octanol–water partition coefficient (Wildman–Crippen LogP) is 5.60. The molecule has 0 aliphatic rings. The van der Waals surface area contributed by atoms with Crippen LogP contribution in [0.1, 0.15) is 17.0 Å². The molecule has 3 aromatic carbocycles. The lowest BCUT2D eigenvalue weighted by Gasteiger charge is -2.07. The molecule has 5 nitrogen and oxygen atoms in total. The number of hydrogen-bond acceptors (Lipinski definition) is 4. The standard InChI is InChI=1S/C24H18ClN3O2S/c25-18-9-6-17(7-10-18)14-23-27-20-15-19(11-12-21(20)30-23)26-24(31)28-22(29)13-8-16-4-2-1-3-5-16/h1-13,15H,14H2,(H2,26,28,29,31)/b13-8+. The molecule has 0 fully saturated rings. The van der Waals surface area contributed by atoms with Crippen molar-refractivity contribution >= 4 is 57.7 Å². The summed E-state index contributed by atoms with van der Waals surface area (Å²) in [4.78, 5) is 16.6. The first kappa shape index (κ1) is 20.8. The highest BCUT2D eigenvalue weighted by Gasteiger charge is 2.09. The van der Waals surface area contributed by atoms with Gasteiger partial charge in [0.15, 0.2) is 16.6 Å². The highest BCUT2D eigenvalue weighted by Crippen LogP contribution is 2.22. The minimum atomic E-state index is -0.311. The van der Waals surface area contributed by atoms with Gasteiger partial charge in [0, 0.05) is 23.2 Å². The SMILES string of the molecule is O=C(/C=C/c1ccccc1)NC(=S)Nc1ccc2oc(Cc3ccc(Cl)cc3)nc2c1. The van der Waals surface area contributed by atoms with Crippen LogP contribution < -0.4 is 10.6 Å². The molecule has 1 amide bonds. The molecule has 0 saturated heterocycles. The quantitative estimate of drug-likeness (QED) is 0.308. The summed E-state index contributed by atoms with van der Waals surface area (Å²) in [6.45, 7) is 0. The number of thiocarbonyl (C=S) groups is 1. The van der Waals surface area contributed by atoms with Gasteiger partial charge in [-0.1, -0.05) is 54.1 Å². The summed E-state index contributed by atoms with van der Waals surface area (Å²) < 4.78 is 5.82. The van der Waals surface area contributed by atoms with Crippen LogP contribution in [0, 0.1) is 0 Å². The molecular formula is C24H18ClN3O2S. The van der Waals surface area contributed by atoms with Gasteiger partial charge in [-0.25, -0.2) is 4.98 Å². The van der Waals surface area contributed by atoms with E-state index in [1.165, 1.54) is 6.08 Å². The molecule has 2 N–H and O–H groups in total. The smallest absolute Gasteiger partial charge is 0.250 e. The molecule has 1 heterocycles. The van der Waals surface area contributed by atoms with Crippen molar-refractivity contribution < 1.29 is 9.21 Å². The number of rotatable bonds is 5. The van der Waals surface area contributed by atoms with Crippen molar-refractivity contribution in [3.8, 4) is 0 Å². The van der Waals surface area contributed by atoms with Gasteiger partial charge in [-0.3, -0.25) is 10.1 Å². The van der Waals surface area contributed by atoms with E-state index in [9.17, 15) is 4.79 Å². The van der Waals surface area contributed by atoms with Gasteiger partial charge >= 0.3 is 0 Å². The summed E-state index contributed by atoms with van der Waals surface area (Å²) in [5.74, 6) is 0.297. The van der Waals surface area contributed by atoms with Crippen molar-refractivity contribution in [1.82, 2.24) is 10.3 Å². The molecule has 4 rings (SSSR count). The third-order valence-electron chi connectivity index (χ3n) is 4.42. The number of hydrogen-bond donors (Lipinski definition) is 2. The van der Waals surface area contributed by atoms with Crippen molar-refractivity contribution in [1.29, 1.82) is 0 Å². The Balaban J connectivity index is 1.37. The van der Waals surface area contributed by atoms with Gasteiger partial charge in [0.1, 0.15) is 5.52 Å². The van der Waals surface area contributed by atoms with Crippen molar-refractivity contribution in [2.45, 2.75) is 6.42 Å². The van der Waals surface area contributed by atoms with Gasteiger partial charge in [0.2, 0.25) is 5.91 Å². The van der Waals surface area contributed by atoms with Crippen molar-refractivity contribution in [3.63, 3.8) is 0 Å². The Morgan fingerprint density at radius 3 is 2.61 bits per heavy atom. The predicted molar refractivity (Wildman–Crippen MR) is 128 cm³/mol. The van der Waals surface area contributed by atoms with Crippen molar-refractivity contribution in [3.05, 3.63) is 101 Å². The number of nitrogens with zero attached hydrogens (tertiary/aromatic N) is 1. The minimum Gasteiger partial charge on any atom is -0.440 e. The van der Waals surface area contributed by atoms with Gasteiger partial charge in [-0.2, -0.15) is 0 Å². The van der Waals surface area contributed by atoms with Crippen LogP contribution in [0.3, 0.4) is 0 Å². The summed E-state index contributed by atoms with van der Waals surface area (Å²) in [5.41, 5.74) is 4.07. The maximum absolute atomic E-state index is 12.1. The van der Waals surface area contributed by atoms with E-state index >= 15 is 0 Å². The maximum atomic E-state index is 12.1. The van der Waals surface area contributed by atoms with E-state index in [-0.39, 0.29) is 11.0 Å². The number of oxazole rings is 1. The maximum Gasteiger partial charge on any atom is 0.250 e. The molecule has 0 bridgehead atoms. The lowest BCUT2D eigenvalue weighted by molar-refractivity contribution is -0.115. The number of halogens is 1. The number of carbonyl (C=O) groups excluding carboxylic acids is 1. The van der Waals surface area contributed by atoms with Gasteiger partial charge in [0.05, 0.1) is 0 Å². The Bertz CT molecular complexity index is 1250. The fourth-order valence-corrected chi connectivity index (χ4v) is 3.30. The molecule has 31 heavy (non-hydrogen) atoms. The van der Waals surface area contributed by atoms with E-state index in [1.54, 1.807) is 6.08 Å². The van der Waals surface area contributed by atoms with E-state index in [0.717, 1.165) is 11.1 Å². The normalized spacial score (nSPS) is 11.0. The fourth-order valence-electron chi connectivity index (χ4n) is 2.96. The van der Waals surface area contributed by atoms with Crippen molar-refractivity contribution in [2.24, 2.45) is 0 Å². The molecule has 0 radical (unpaired) electrons. The first-order chi connectivity index (χ1) is 15.0. The number of aromatic nitrogens is 1. The second kappa shape index (κ2) is 9.55. The van der Waals surface area contributed by atoms with Crippen LogP contribution in [-0.2, 0) is 11.2 Å². The summed E-state index contributed by atoms with van der Waals surface area (Å²) in [5, 5.41) is 6.52. The number of amides is 1. The minimum absolute atomic E-state index is 0.201. The molecule has 154 valence electrons. The first-order valence-corrected chi connectivity index (χ1v) is 10.3. The largest absolute Gasteiger partial charge is 0.440 e. The lowest BCUT2D eigenvalue weighted by atomic mass is 10.1. The molecule has 0 aliphatic carbocycles. The van der Waals surface area contributed by atoms with Gasteiger partial charge in [0.25, 0.3) is 0 Å². The average Bonchev–Trinajstić information content (AvgIpc) is 3.16. The molecule has 0 atom stereocenters. The van der Waals surface area contributed by atoms with Crippen LogP contribution in [0.5, 0.6) is 0 Å². The number of carbonyl (C=O) groups is 1. The number of nitrogens with one attached hydrogen (secondary N) is 2. The Hall–Kier alpha value is -3.48. The monoisotopic (exact) mass is 447 g/mol. The molecule has 4 aromatic rings. The third kappa shape index (κ3) is 5.78. The molecule has 0 aliphatic heterocycles. The van der Waals surface area contributed by atoms with Gasteiger partial charge in [-0.15, -0.1) is 0 Å². The Morgan fingerprint density at radius 1 is 1.06 bits per heavy atom. The topological polar surface area (TPSA) is 67.2 Å². The van der Waals surface area contributed by atoms with Crippen LogP contribution in [-0.4, -0.2) is 16.0 Å². The van der Waals surface area contributed by atoms with Gasteiger partial charge < -0.3 is 9.73 Å². The number of anilines is 1. The highest BCUT2D eigenvalue weighted by molar-refractivity contribution is 7.80. The molecule has 1 aromatic heterocycles. The second-order valence-corrected chi connectivity index (χ2v) is 7.63. The number of fused-ring (bicyclic) bond motifs is 1. The van der Waals surface area contributed by atoms with Crippen LogP contribution in [0.4, 0.5) is 5.69 Å². The average molecular weight is 448 g/mol. The molecule has 0 spiro atoms. The zero-order chi connectivity index (χ0) is 21.6. The Kier molecular flexibility index (Phi) is 6.40. The fraction of sp³-hybridized carbons (Fsp3) is 0.0417. The van der Waals surface area contributed by atoms with E-state index < -0.39 is 0 Å². The van der Waals surface area contributed by atoms with Crippen LogP contribution in [0.25, 0.3) is 17.2 Å². The molecule has 7 heteroatoms. The summed E-state index contributed by atoms with van der Waals surface area (Å²) in [6, 6.07) is 22.6. The highest BCUT2D eigenvalue weighted by atomic mass is 35.5. The summed E-state index contributed by atoms with van der Waals surface area (Å²) in [6.07, 6.45) is 3.73. The zero-order valence-electron chi connectivity index (χ0n) is 16.3. The van der Waals surface area contributed by atoms with Crippen molar-refractivity contribution in [2.75, 3.05) is 5.32 Å². The van der Waals surface area contributed by atoms with Crippen LogP contribution in [0.2, 0.25) is 5.02 Å². The molecule has 0 saturated carbocycles. The number of benzene rings is 3. The summed E-state index contributed by atoms with van der Waals surface area (Å²) >= 11 is 11.2. The third-order valence-corrected chi connectivity index (χ3v) is 4.88. The molecule has 0 unspecified atom stereocenters. The zero-order valence-corrected chi connectivity index (χ0v) is 17.9. The Labute approximate surface area is 189 Å². The summed E-state index contributed by atoms with van der Waals surface area (Å²) in [7, 11) is 0. The van der Waals surface area contributed by atoms with Crippen LogP contribution in [0.15, 0.2) is 83.3 Å². The van der Waals surface area contributed by atoms with E-state index in [2.05, 4.69) is 15.6 Å². The van der Waals surface area contributed by atoms with E-state index in [0.29, 0.717) is 34.1 Å². The lowest BCUT2D eigenvalue weighted by Crippen LogP contribution is -2.32. The Morgan fingerprint density at radius 2 is 1.84 bits per heavy atom. The first-order valence-electron chi connectivity index (χ1n) is 9.54. The second-order valence-electron chi connectivity index (χ2n) is 6.78. The molecular weight excluding hydrogens is 430 g/mol. The van der Waals surface area contributed by atoms with Crippen LogP contribution >= 0.6 is 23.8 Å². The van der Waals surface area contributed by atoms with E-state index in [4.69, 9.17) is 28.2 Å². The van der Waals surface area contributed by atoms with E-state index in [1.807, 2.05) is 72.8 Å².